The van der Waals surface area contributed by atoms with Gasteiger partial charge < -0.3 is 15.0 Å². The maximum absolute atomic E-state index is 11.6. The number of aromatic nitrogens is 2. The van der Waals surface area contributed by atoms with Crippen molar-refractivity contribution in [2.45, 2.75) is 51.6 Å². The molecule has 0 bridgehead atoms. The van der Waals surface area contributed by atoms with Gasteiger partial charge in [-0.3, -0.25) is 0 Å². The molecule has 0 spiro atoms. The third-order valence-electron chi connectivity index (χ3n) is 3.72. The standard InChI is InChI=1S/C16H26N4O2/c1-15(2,3)22-14(21)18-10-11-20(5)13-17-9-6-12(19-13)16(4)7-8-16/h6,9H,7-8,10-11H2,1-5H3,(H,18,21). The lowest BCUT2D eigenvalue weighted by Gasteiger charge is -2.21. The predicted molar refractivity (Wildman–Crippen MR) is 86.1 cm³/mol. The minimum absolute atomic E-state index is 0.229. The molecule has 1 aromatic rings. The lowest BCUT2D eigenvalue weighted by atomic mass is 10.1. The number of alkyl carbamates (subject to hydrolysis) is 1. The molecular formula is C16H26N4O2. The molecule has 1 amide bonds. The molecule has 22 heavy (non-hydrogen) atoms. The van der Waals surface area contributed by atoms with Gasteiger partial charge in [0, 0.05) is 31.7 Å². The van der Waals surface area contributed by atoms with Crippen LogP contribution in [0.3, 0.4) is 0 Å². The molecule has 0 atom stereocenters. The Bertz CT molecular complexity index is 535. The van der Waals surface area contributed by atoms with Crippen LogP contribution in [0.4, 0.5) is 10.7 Å². The Hall–Kier alpha value is -1.85. The first-order valence-electron chi connectivity index (χ1n) is 7.71. The van der Waals surface area contributed by atoms with Crippen LogP contribution in [0.1, 0.15) is 46.2 Å². The molecule has 0 saturated heterocycles. The summed E-state index contributed by atoms with van der Waals surface area (Å²) < 4.78 is 5.20. The summed E-state index contributed by atoms with van der Waals surface area (Å²) in [6, 6.07) is 1.99. The lowest BCUT2D eigenvalue weighted by molar-refractivity contribution is 0.0529. The summed E-state index contributed by atoms with van der Waals surface area (Å²) >= 11 is 0. The van der Waals surface area contributed by atoms with Crippen LogP contribution < -0.4 is 10.2 Å². The topological polar surface area (TPSA) is 67.4 Å². The van der Waals surface area contributed by atoms with E-state index >= 15 is 0 Å². The zero-order valence-electron chi connectivity index (χ0n) is 14.1. The van der Waals surface area contributed by atoms with Crippen LogP contribution in [0.15, 0.2) is 12.3 Å². The number of nitrogens with one attached hydrogen (secondary N) is 1. The van der Waals surface area contributed by atoms with E-state index in [1.807, 2.05) is 38.8 Å². The average Bonchev–Trinajstić information content (AvgIpc) is 3.16. The van der Waals surface area contributed by atoms with E-state index in [-0.39, 0.29) is 5.41 Å². The summed E-state index contributed by atoms with van der Waals surface area (Å²) in [5.74, 6) is 0.691. The van der Waals surface area contributed by atoms with Gasteiger partial charge in [0.05, 0.1) is 5.69 Å². The predicted octanol–water partition coefficient (Wildman–Crippen LogP) is 2.49. The first-order valence-corrected chi connectivity index (χ1v) is 7.71. The second-order valence-electron chi connectivity index (χ2n) is 7.15. The summed E-state index contributed by atoms with van der Waals surface area (Å²) in [6.45, 7) is 8.86. The van der Waals surface area contributed by atoms with Gasteiger partial charge in [-0.05, 0) is 39.7 Å². The van der Waals surface area contributed by atoms with Gasteiger partial charge in [-0.25, -0.2) is 14.8 Å². The summed E-state index contributed by atoms with van der Waals surface area (Å²) in [4.78, 5) is 22.5. The lowest BCUT2D eigenvalue weighted by Crippen LogP contribution is -2.37. The van der Waals surface area contributed by atoms with Gasteiger partial charge in [-0.1, -0.05) is 6.92 Å². The Labute approximate surface area is 132 Å². The fraction of sp³-hybridized carbons (Fsp3) is 0.688. The quantitative estimate of drug-likeness (QED) is 0.905. The van der Waals surface area contributed by atoms with Gasteiger partial charge in [0.1, 0.15) is 5.60 Å². The molecule has 0 aliphatic heterocycles. The molecule has 0 unspecified atom stereocenters. The Kier molecular flexibility index (Phi) is 4.58. The smallest absolute Gasteiger partial charge is 0.407 e. The number of nitrogens with zero attached hydrogens (tertiary/aromatic N) is 3. The normalized spacial score (nSPS) is 16.0. The first kappa shape index (κ1) is 16.5. The minimum Gasteiger partial charge on any atom is -0.444 e. The third-order valence-corrected chi connectivity index (χ3v) is 3.72. The monoisotopic (exact) mass is 306 g/mol. The van der Waals surface area contributed by atoms with Crippen molar-refractivity contribution in [3.05, 3.63) is 18.0 Å². The van der Waals surface area contributed by atoms with Crippen molar-refractivity contribution >= 4 is 12.0 Å². The summed E-state index contributed by atoms with van der Waals surface area (Å²) in [5.41, 5.74) is 0.852. The van der Waals surface area contributed by atoms with Crippen molar-refractivity contribution in [1.82, 2.24) is 15.3 Å². The number of rotatable bonds is 5. The van der Waals surface area contributed by atoms with Crippen LogP contribution in [0, 0.1) is 0 Å². The van der Waals surface area contributed by atoms with Crippen LogP contribution in [0.25, 0.3) is 0 Å². The molecule has 1 aliphatic rings. The Morgan fingerprint density at radius 1 is 1.45 bits per heavy atom. The molecule has 122 valence electrons. The highest BCUT2D eigenvalue weighted by Gasteiger charge is 2.40. The molecule has 1 N–H and O–H groups in total. The first-order chi connectivity index (χ1) is 10.2. The molecule has 6 nitrogen and oxygen atoms in total. The molecule has 1 fully saturated rings. The molecule has 6 heteroatoms. The van der Waals surface area contributed by atoms with E-state index in [2.05, 4.69) is 22.2 Å². The van der Waals surface area contributed by atoms with E-state index < -0.39 is 11.7 Å². The van der Waals surface area contributed by atoms with E-state index in [1.165, 1.54) is 12.8 Å². The van der Waals surface area contributed by atoms with Gasteiger partial charge >= 0.3 is 6.09 Å². The van der Waals surface area contributed by atoms with E-state index in [9.17, 15) is 4.79 Å². The van der Waals surface area contributed by atoms with Crippen LogP contribution in [-0.4, -0.2) is 41.8 Å². The number of ether oxygens (including phenoxy) is 1. The molecule has 0 radical (unpaired) electrons. The number of hydrogen-bond acceptors (Lipinski definition) is 5. The van der Waals surface area contributed by atoms with Crippen molar-refractivity contribution in [2.24, 2.45) is 0 Å². The number of carbonyl (C=O) groups is 1. The van der Waals surface area contributed by atoms with Gasteiger partial charge in [0.2, 0.25) is 5.95 Å². The minimum atomic E-state index is -0.479. The fourth-order valence-electron chi connectivity index (χ4n) is 2.05. The number of hydrogen-bond donors (Lipinski definition) is 1. The number of carbonyl (C=O) groups excluding carboxylic acids is 1. The second kappa shape index (κ2) is 6.10. The van der Waals surface area contributed by atoms with E-state index in [0.717, 1.165) is 5.69 Å². The average molecular weight is 306 g/mol. The van der Waals surface area contributed by atoms with E-state index in [0.29, 0.717) is 19.0 Å². The van der Waals surface area contributed by atoms with Crippen molar-refractivity contribution in [1.29, 1.82) is 0 Å². The van der Waals surface area contributed by atoms with Crippen molar-refractivity contribution in [3.8, 4) is 0 Å². The van der Waals surface area contributed by atoms with Crippen LogP contribution in [-0.2, 0) is 10.2 Å². The SMILES string of the molecule is CN(CCNC(=O)OC(C)(C)C)c1nccc(C2(C)CC2)n1. The largest absolute Gasteiger partial charge is 0.444 e. The molecule has 2 rings (SSSR count). The number of amides is 1. The van der Waals surface area contributed by atoms with Gasteiger partial charge in [0.25, 0.3) is 0 Å². The van der Waals surface area contributed by atoms with E-state index in [1.54, 1.807) is 6.20 Å². The zero-order valence-corrected chi connectivity index (χ0v) is 14.1. The Morgan fingerprint density at radius 3 is 2.73 bits per heavy atom. The highest BCUT2D eigenvalue weighted by atomic mass is 16.6. The Balaban J connectivity index is 1.82. The van der Waals surface area contributed by atoms with Gasteiger partial charge in [-0.15, -0.1) is 0 Å². The fourth-order valence-corrected chi connectivity index (χ4v) is 2.05. The molecule has 1 aliphatic carbocycles. The molecular weight excluding hydrogens is 280 g/mol. The molecule has 1 heterocycles. The zero-order chi connectivity index (χ0) is 16.4. The maximum Gasteiger partial charge on any atom is 0.407 e. The van der Waals surface area contributed by atoms with Gasteiger partial charge in [0.15, 0.2) is 0 Å². The maximum atomic E-state index is 11.6. The van der Waals surface area contributed by atoms with Crippen molar-refractivity contribution in [2.75, 3.05) is 25.0 Å². The molecule has 1 saturated carbocycles. The summed E-state index contributed by atoms with van der Waals surface area (Å²) in [6.07, 6.45) is 3.78. The Morgan fingerprint density at radius 2 is 2.14 bits per heavy atom. The van der Waals surface area contributed by atoms with Crippen molar-refractivity contribution in [3.63, 3.8) is 0 Å². The second-order valence-corrected chi connectivity index (χ2v) is 7.15. The summed E-state index contributed by atoms with van der Waals surface area (Å²) in [5, 5.41) is 2.74. The third kappa shape index (κ3) is 4.58. The van der Waals surface area contributed by atoms with Crippen LogP contribution in [0.5, 0.6) is 0 Å². The van der Waals surface area contributed by atoms with Gasteiger partial charge in [-0.2, -0.15) is 0 Å². The highest BCUT2D eigenvalue weighted by molar-refractivity contribution is 5.67. The molecule has 1 aromatic heterocycles. The van der Waals surface area contributed by atoms with Crippen molar-refractivity contribution < 1.29 is 9.53 Å². The number of anilines is 1. The number of likely N-dealkylation sites (N-methyl/N-ethyl adjacent to an activating group) is 1. The van der Waals surface area contributed by atoms with Crippen LogP contribution in [0.2, 0.25) is 0 Å². The summed E-state index contributed by atoms with van der Waals surface area (Å²) in [7, 11) is 1.92. The van der Waals surface area contributed by atoms with Crippen LogP contribution >= 0.6 is 0 Å². The van der Waals surface area contributed by atoms with E-state index in [4.69, 9.17) is 4.74 Å². The molecule has 0 aromatic carbocycles. The highest BCUT2D eigenvalue weighted by Crippen LogP contribution is 2.46.